The summed E-state index contributed by atoms with van der Waals surface area (Å²) in [5.41, 5.74) is 26.4. The predicted molar refractivity (Wildman–Crippen MR) is 213 cm³/mol. The molecular formula is C48H54Cl2SiZr. The average molecular weight is 821 g/mol. The van der Waals surface area contributed by atoms with Crippen LogP contribution >= 0.6 is 0 Å². The molecular weight excluding hydrogens is 767 g/mol. The third kappa shape index (κ3) is 5.58. The molecule has 9 rings (SSSR count). The minimum absolute atomic E-state index is 0. The van der Waals surface area contributed by atoms with Crippen molar-refractivity contribution in [2.24, 2.45) is 0 Å². The molecule has 268 valence electrons. The van der Waals surface area contributed by atoms with Gasteiger partial charge < -0.3 is 24.8 Å². The number of fused-ring (bicyclic) bond motifs is 10. The van der Waals surface area contributed by atoms with Gasteiger partial charge in [0, 0.05) is 0 Å². The standard InChI is InChI=1S/C48H54Si.2ClH.Zr/c1-29-25-35-27-33-13-11-15-39(33)41(31-17-21-37(22-18-31)47(3,4)5)43(35)45(29)49(9,10)46-30(2)26-36-28-34-14-12-16-40(34)42(44(36)46)32-19-23-38(24-20-32)48(6,7)8;;;/h17-28H,11-16H2,1-10H3;2*1H;/q;;;+2/p-2. The summed E-state index contributed by atoms with van der Waals surface area (Å²) >= 11 is -0.961. The van der Waals surface area contributed by atoms with Crippen molar-refractivity contribution in [3.63, 3.8) is 0 Å². The topological polar surface area (TPSA) is 0 Å². The van der Waals surface area contributed by atoms with Crippen molar-refractivity contribution in [3.05, 3.63) is 127 Å². The normalized spacial score (nSPS) is 20.5. The van der Waals surface area contributed by atoms with E-state index in [1.54, 1.807) is 77.2 Å². The fourth-order valence-electron chi connectivity index (χ4n) is 10.9. The molecule has 5 aliphatic rings. The molecule has 4 heteroatoms. The van der Waals surface area contributed by atoms with Gasteiger partial charge in [-0.2, -0.15) is 0 Å². The van der Waals surface area contributed by atoms with Gasteiger partial charge in [-0.1, -0.05) is 0 Å². The number of rotatable bonds is 2. The summed E-state index contributed by atoms with van der Waals surface area (Å²) in [6.07, 6.45) is 7.56. The van der Waals surface area contributed by atoms with Crippen molar-refractivity contribution in [2.75, 3.05) is 0 Å². The van der Waals surface area contributed by atoms with Crippen molar-refractivity contribution in [3.8, 4) is 22.3 Å². The van der Waals surface area contributed by atoms with E-state index in [-0.39, 0.29) is 35.6 Å². The molecule has 1 heterocycles. The summed E-state index contributed by atoms with van der Waals surface area (Å²) in [4.78, 5) is 0. The van der Waals surface area contributed by atoms with Crippen molar-refractivity contribution in [1.29, 1.82) is 0 Å². The number of hydrogen-bond acceptors (Lipinski definition) is 0. The summed E-state index contributed by atoms with van der Waals surface area (Å²) in [6, 6.07) is 25.2. The Bertz CT molecular complexity index is 2030. The molecule has 0 fully saturated rings. The predicted octanol–water partition coefficient (Wildman–Crippen LogP) is 6.84. The Balaban J connectivity index is 0.00000210. The Morgan fingerprint density at radius 1 is 0.538 bits per heavy atom. The van der Waals surface area contributed by atoms with Gasteiger partial charge in [0.2, 0.25) is 0 Å². The van der Waals surface area contributed by atoms with Gasteiger partial charge in [0.05, 0.1) is 0 Å². The van der Waals surface area contributed by atoms with Crippen LogP contribution in [0.15, 0.2) is 71.8 Å². The van der Waals surface area contributed by atoms with E-state index in [0.717, 1.165) is 0 Å². The first-order valence-electron chi connectivity index (χ1n) is 19.4. The van der Waals surface area contributed by atoms with E-state index < -0.39 is 31.3 Å². The number of hydrogen-bond donors (Lipinski definition) is 0. The van der Waals surface area contributed by atoms with Gasteiger partial charge >= 0.3 is 316 Å². The van der Waals surface area contributed by atoms with Crippen LogP contribution in [0.4, 0.5) is 0 Å². The zero-order chi connectivity index (χ0) is 35.1. The van der Waals surface area contributed by atoms with Crippen LogP contribution in [0.25, 0.3) is 32.6 Å². The molecule has 0 N–H and O–H groups in total. The summed E-state index contributed by atoms with van der Waals surface area (Å²) in [5, 5.41) is 3.61. The maximum Gasteiger partial charge on any atom is -1.00 e. The zero-order valence-corrected chi connectivity index (χ0v) is 37.9. The largest absolute Gasteiger partial charge is 1.00 e. The molecule has 0 spiro atoms. The van der Waals surface area contributed by atoms with Crippen molar-refractivity contribution in [2.45, 2.75) is 125 Å². The van der Waals surface area contributed by atoms with Gasteiger partial charge in [-0.05, 0) is 0 Å². The van der Waals surface area contributed by atoms with E-state index in [2.05, 4.69) is 129 Å². The Hall–Kier alpha value is -1.96. The first-order chi connectivity index (χ1) is 23.7. The first kappa shape index (κ1) is 38.3. The molecule has 0 amide bonds. The van der Waals surface area contributed by atoms with E-state index in [0.29, 0.717) is 7.25 Å². The fourth-order valence-corrected chi connectivity index (χ4v) is 20.7. The van der Waals surface area contributed by atoms with Crippen LogP contribution in [0.2, 0.25) is 13.1 Å². The SMILES string of the molecule is CC1=C2c3c(cc4c(c3-c3ccc(C(C)(C)C)cc3)CCC4)[CH]1[Zr+2][CH]1C(C)=C(c3c1cc1c(c3-c3ccc(C(C)(C)C)cc3)CCC1)[Si]2(C)C.[Cl-].[Cl-]. The van der Waals surface area contributed by atoms with Crippen LogP contribution in [0.3, 0.4) is 0 Å². The molecule has 0 nitrogen and oxygen atoms in total. The van der Waals surface area contributed by atoms with Gasteiger partial charge in [0.1, 0.15) is 0 Å². The van der Waals surface area contributed by atoms with Crippen LogP contribution < -0.4 is 24.8 Å². The fraction of sp³-hybridized carbons (Fsp3) is 0.417. The van der Waals surface area contributed by atoms with Crippen LogP contribution in [0, 0.1) is 0 Å². The number of halogens is 2. The van der Waals surface area contributed by atoms with Gasteiger partial charge in [-0.3, -0.25) is 0 Å². The minimum atomic E-state index is -2.17. The zero-order valence-electron chi connectivity index (χ0n) is 32.9. The third-order valence-electron chi connectivity index (χ3n) is 13.3. The maximum absolute atomic E-state index is 2.75. The van der Waals surface area contributed by atoms with E-state index in [1.807, 2.05) is 0 Å². The van der Waals surface area contributed by atoms with Crippen molar-refractivity contribution < 1.29 is 48.0 Å². The van der Waals surface area contributed by atoms with Gasteiger partial charge in [0.15, 0.2) is 0 Å². The molecule has 0 saturated carbocycles. The summed E-state index contributed by atoms with van der Waals surface area (Å²) in [6.45, 7) is 24.7. The van der Waals surface area contributed by atoms with E-state index in [1.165, 1.54) is 60.8 Å². The van der Waals surface area contributed by atoms with E-state index >= 15 is 0 Å². The monoisotopic (exact) mass is 818 g/mol. The molecule has 0 saturated heterocycles. The van der Waals surface area contributed by atoms with Crippen molar-refractivity contribution >= 4 is 18.5 Å². The molecule has 52 heavy (non-hydrogen) atoms. The average Bonchev–Trinajstić information content (AvgIpc) is 3.83. The molecule has 4 aromatic carbocycles. The molecule has 4 aromatic rings. The van der Waals surface area contributed by atoms with E-state index in [9.17, 15) is 0 Å². The molecule has 0 aromatic heterocycles. The molecule has 0 radical (unpaired) electrons. The van der Waals surface area contributed by atoms with Crippen LogP contribution in [0.5, 0.6) is 0 Å². The van der Waals surface area contributed by atoms with Gasteiger partial charge in [-0.25, -0.2) is 0 Å². The molecule has 2 atom stereocenters. The smallest absolute Gasteiger partial charge is 1.00 e. The quantitative estimate of drug-likeness (QED) is 0.195. The second-order valence-corrected chi connectivity index (χ2v) is 26.8. The van der Waals surface area contributed by atoms with Gasteiger partial charge in [0.25, 0.3) is 0 Å². The van der Waals surface area contributed by atoms with Crippen LogP contribution in [-0.4, -0.2) is 8.07 Å². The Kier molecular flexibility index (Phi) is 9.63. The second-order valence-electron chi connectivity index (χ2n) is 18.8. The third-order valence-corrected chi connectivity index (χ3v) is 22.4. The molecule has 4 aliphatic carbocycles. The Morgan fingerprint density at radius 2 is 0.904 bits per heavy atom. The second kappa shape index (κ2) is 13.1. The van der Waals surface area contributed by atoms with Crippen LogP contribution in [0.1, 0.15) is 131 Å². The molecule has 2 unspecified atom stereocenters. The number of benzene rings is 4. The summed E-state index contributed by atoms with van der Waals surface area (Å²) in [7, 11) is -2.17. The van der Waals surface area contributed by atoms with Gasteiger partial charge in [-0.15, -0.1) is 0 Å². The number of allylic oxidation sites excluding steroid dienone is 2. The minimum Gasteiger partial charge on any atom is -1.00 e. The maximum atomic E-state index is 2.75. The van der Waals surface area contributed by atoms with E-state index in [4.69, 9.17) is 0 Å². The molecule has 4 bridgehead atoms. The Morgan fingerprint density at radius 3 is 1.25 bits per heavy atom. The summed E-state index contributed by atoms with van der Waals surface area (Å²) < 4.78 is 1.34. The molecule has 1 aliphatic heterocycles. The number of aryl methyl sites for hydroxylation is 2. The first-order valence-corrected chi connectivity index (χ1v) is 25.3. The Labute approximate surface area is 338 Å². The summed E-state index contributed by atoms with van der Waals surface area (Å²) in [5.74, 6) is 0. The van der Waals surface area contributed by atoms with Crippen LogP contribution in [-0.2, 0) is 59.7 Å². The van der Waals surface area contributed by atoms with Crippen molar-refractivity contribution in [1.82, 2.24) is 0 Å².